The van der Waals surface area contributed by atoms with Gasteiger partial charge in [-0.2, -0.15) is 0 Å². The number of likely N-dealkylation sites (N-methyl/N-ethyl adjacent to an activating group) is 1. The Balaban J connectivity index is 1.94. The number of aromatic nitrogens is 2. The summed E-state index contributed by atoms with van der Waals surface area (Å²) in [6.07, 6.45) is 3.38. The van der Waals surface area contributed by atoms with Gasteiger partial charge in [0.25, 0.3) is 11.8 Å². The third-order valence-corrected chi connectivity index (χ3v) is 4.99. The van der Waals surface area contributed by atoms with E-state index in [1.165, 1.54) is 29.3 Å². The number of benzene rings is 1. The lowest BCUT2D eigenvalue weighted by atomic mass is 10.0. The van der Waals surface area contributed by atoms with Crippen LogP contribution in [0.1, 0.15) is 42.2 Å². The van der Waals surface area contributed by atoms with Gasteiger partial charge in [0, 0.05) is 37.7 Å². The maximum Gasteiger partial charge on any atom is 0.271 e. The van der Waals surface area contributed by atoms with Crippen LogP contribution >= 0.6 is 0 Å². The Morgan fingerprint density at radius 1 is 1.45 bits per heavy atom. The molecular weight excluding hydrogens is 401 g/mol. The number of hydrogen-bond donors (Lipinski definition) is 3. The zero-order valence-electron chi connectivity index (χ0n) is 17.4. The molecule has 8 nitrogen and oxygen atoms in total. The van der Waals surface area contributed by atoms with Gasteiger partial charge in [0.05, 0.1) is 11.9 Å². The van der Waals surface area contributed by atoms with E-state index < -0.39 is 23.2 Å². The minimum atomic E-state index is -1.76. The Morgan fingerprint density at radius 3 is 2.87 bits per heavy atom. The number of carbonyl (C=O) groups excluding carboxylic acids is 2. The summed E-state index contributed by atoms with van der Waals surface area (Å²) in [4.78, 5) is 33.7. The summed E-state index contributed by atoms with van der Waals surface area (Å²) in [5.74, 6) is 3.73. The molecule has 0 bridgehead atoms. The van der Waals surface area contributed by atoms with Gasteiger partial charge in [0.1, 0.15) is 5.82 Å². The van der Waals surface area contributed by atoms with Crippen molar-refractivity contribution in [3.05, 3.63) is 41.5 Å². The number of primary amides is 1. The molecule has 2 aromatic rings. The third kappa shape index (κ3) is 4.81. The van der Waals surface area contributed by atoms with E-state index in [0.717, 1.165) is 12.8 Å². The summed E-state index contributed by atoms with van der Waals surface area (Å²) in [7, 11) is 1.59. The number of halogens is 1. The van der Waals surface area contributed by atoms with Crippen molar-refractivity contribution in [2.45, 2.75) is 31.8 Å². The number of carbonyl (C=O) groups is 2. The molecule has 2 heterocycles. The van der Waals surface area contributed by atoms with E-state index in [2.05, 4.69) is 27.1 Å². The van der Waals surface area contributed by atoms with Crippen LogP contribution < -0.4 is 11.1 Å². The molecule has 2 amide bonds. The van der Waals surface area contributed by atoms with Gasteiger partial charge >= 0.3 is 0 Å². The van der Waals surface area contributed by atoms with Crippen LogP contribution in [0.15, 0.2) is 24.4 Å². The summed E-state index contributed by atoms with van der Waals surface area (Å²) in [5, 5.41) is 13.4. The zero-order valence-corrected chi connectivity index (χ0v) is 17.4. The largest absolute Gasteiger partial charge is 0.369 e. The lowest BCUT2D eigenvalue weighted by molar-refractivity contribution is -0.137. The first-order valence-electron chi connectivity index (χ1n) is 9.97. The molecule has 1 saturated heterocycles. The number of aliphatic hydroxyl groups is 1. The number of amides is 2. The summed E-state index contributed by atoms with van der Waals surface area (Å²) < 4.78 is 14.5. The van der Waals surface area contributed by atoms with Crippen LogP contribution in [0.25, 0.3) is 11.3 Å². The second-order valence-electron chi connectivity index (χ2n) is 7.38. The third-order valence-electron chi connectivity index (χ3n) is 4.99. The van der Waals surface area contributed by atoms with Gasteiger partial charge in [-0.15, -0.1) is 0 Å². The number of rotatable bonds is 6. The van der Waals surface area contributed by atoms with Crippen LogP contribution in [0.3, 0.4) is 0 Å². The second kappa shape index (κ2) is 9.10. The number of hydrogen-bond acceptors (Lipinski definition) is 6. The van der Waals surface area contributed by atoms with Gasteiger partial charge in [0.2, 0.25) is 5.60 Å². The number of unbranched alkanes of at least 4 members (excludes halogenated alkanes) is 1. The highest BCUT2D eigenvalue weighted by molar-refractivity contribution is 5.96. The first kappa shape index (κ1) is 22.2. The highest BCUT2D eigenvalue weighted by Gasteiger charge is 2.42. The van der Waals surface area contributed by atoms with E-state index in [1.807, 2.05) is 6.92 Å². The Labute approximate surface area is 179 Å². The zero-order chi connectivity index (χ0) is 22.6. The van der Waals surface area contributed by atoms with Crippen molar-refractivity contribution < 1.29 is 19.1 Å². The van der Waals surface area contributed by atoms with E-state index >= 15 is 0 Å². The van der Waals surface area contributed by atoms with Crippen LogP contribution in [0.5, 0.6) is 0 Å². The Kier molecular flexibility index (Phi) is 6.51. The number of nitrogens with one attached hydrogen (secondary N) is 1. The van der Waals surface area contributed by atoms with E-state index in [-0.39, 0.29) is 29.2 Å². The molecule has 1 aromatic carbocycles. The number of nitrogens with two attached hydrogens (primary N) is 1. The molecule has 1 aliphatic heterocycles. The summed E-state index contributed by atoms with van der Waals surface area (Å²) in [6, 6.07) is 4.06. The molecule has 4 N–H and O–H groups in total. The van der Waals surface area contributed by atoms with Crippen molar-refractivity contribution in [2.24, 2.45) is 5.73 Å². The lowest BCUT2D eigenvalue weighted by Crippen LogP contribution is -2.37. The summed E-state index contributed by atoms with van der Waals surface area (Å²) >= 11 is 0. The minimum absolute atomic E-state index is 0.0729. The smallest absolute Gasteiger partial charge is 0.271 e. The topological polar surface area (TPSA) is 121 Å². The SMILES string of the molecule is CCCCNc1ncc(-c2cc(C#C[C@]3(O)CCN(C)C3=O)ccc2F)nc1C(N)=O. The predicted molar refractivity (Wildman–Crippen MR) is 113 cm³/mol. The number of likely N-dealkylation sites (tertiary alicyclic amines) is 1. The monoisotopic (exact) mass is 425 g/mol. The van der Waals surface area contributed by atoms with Crippen molar-refractivity contribution in [2.75, 3.05) is 25.5 Å². The molecule has 0 radical (unpaired) electrons. The van der Waals surface area contributed by atoms with Crippen LogP contribution in [-0.2, 0) is 4.79 Å². The predicted octanol–water partition coefficient (Wildman–Crippen LogP) is 1.54. The van der Waals surface area contributed by atoms with E-state index in [1.54, 1.807) is 7.05 Å². The van der Waals surface area contributed by atoms with Gasteiger partial charge in [-0.3, -0.25) is 9.59 Å². The maximum atomic E-state index is 14.5. The van der Waals surface area contributed by atoms with E-state index in [9.17, 15) is 19.1 Å². The van der Waals surface area contributed by atoms with Gasteiger partial charge in [-0.25, -0.2) is 14.4 Å². The molecule has 162 valence electrons. The van der Waals surface area contributed by atoms with Crippen LogP contribution in [0.2, 0.25) is 0 Å². The Bertz CT molecular complexity index is 1080. The maximum absolute atomic E-state index is 14.5. The van der Waals surface area contributed by atoms with Crippen molar-refractivity contribution >= 4 is 17.6 Å². The summed E-state index contributed by atoms with van der Waals surface area (Å²) in [5.41, 5.74) is 4.15. The van der Waals surface area contributed by atoms with Gasteiger partial charge in [-0.05, 0) is 24.6 Å². The molecule has 1 atom stereocenters. The minimum Gasteiger partial charge on any atom is -0.369 e. The first-order chi connectivity index (χ1) is 14.7. The number of nitrogens with zero attached hydrogens (tertiary/aromatic N) is 3. The highest BCUT2D eigenvalue weighted by atomic mass is 19.1. The molecule has 31 heavy (non-hydrogen) atoms. The van der Waals surface area contributed by atoms with Crippen LogP contribution in [0.4, 0.5) is 10.2 Å². The van der Waals surface area contributed by atoms with Crippen molar-refractivity contribution in [3.8, 4) is 23.1 Å². The average molecular weight is 425 g/mol. The summed E-state index contributed by atoms with van der Waals surface area (Å²) in [6.45, 7) is 3.04. The standard InChI is InChI=1S/C22H24FN5O3/c1-3-4-10-25-20-18(19(24)29)27-17(13-26-20)15-12-14(5-6-16(15)23)7-8-22(31)9-11-28(2)21(22)30/h5-6,12-13,31H,3-4,9-11H2,1-2H3,(H2,24,29)(H,25,26)/t22-/m0/s1. The molecule has 0 unspecified atom stereocenters. The molecule has 1 aromatic heterocycles. The van der Waals surface area contributed by atoms with Crippen molar-refractivity contribution in [1.82, 2.24) is 14.9 Å². The van der Waals surface area contributed by atoms with Gasteiger partial charge < -0.3 is 21.1 Å². The van der Waals surface area contributed by atoms with Crippen molar-refractivity contribution in [3.63, 3.8) is 0 Å². The fourth-order valence-electron chi connectivity index (χ4n) is 3.15. The molecular formula is C22H24FN5O3. The number of anilines is 1. The average Bonchev–Trinajstić information content (AvgIpc) is 3.01. The second-order valence-corrected chi connectivity index (χ2v) is 7.38. The van der Waals surface area contributed by atoms with Gasteiger partial charge in [0.15, 0.2) is 11.5 Å². The molecule has 1 fully saturated rings. The normalized spacial score (nSPS) is 17.9. The Hall–Kier alpha value is -3.51. The molecule has 0 saturated carbocycles. The molecule has 0 aliphatic carbocycles. The molecule has 0 spiro atoms. The quantitative estimate of drug-likeness (QED) is 0.477. The van der Waals surface area contributed by atoms with E-state index in [0.29, 0.717) is 18.7 Å². The van der Waals surface area contributed by atoms with Crippen molar-refractivity contribution in [1.29, 1.82) is 0 Å². The lowest BCUT2D eigenvalue weighted by Gasteiger charge is -2.13. The molecule has 3 rings (SSSR count). The van der Waals surface area contributed by atoms with Crippen LogP contribution in [-0.4, -0.2) is 57.5 Å². The Morgan fingerprint density at radius 2 is 2.23 bits per heavy atom. The van der Waals surface area contributed by atoms with Gasteiger partial charge in [-0.1, -0.05) is 25.2 Å². The van der Waals surface area contributed by atoms with E-state index in [4.69, 9.17) is 5.73 Å². The highest BCUT2D eigenvalue weighted by Crippen LogP contribution is 2.25. The van der Waals surface area contributed by atoms with Crippen LogP contribution in [0, 0.1) is 17.7 Å². The first-order valence-corrected chi connectivity index (χ1v) is 9.97. The molecule has 1 aliphatic rings. The fourth-order valence-corrected chi connectivity index (χ4v) is 3.15. The fraction of sp³-hybridized carbons (Fsp3) is 0.364. The molecule has 9 heteroatoms.